The highest BCUT2D eigenvalue weighted by molar-refractivity contribution is 5.92. The van der Waals surface area contributed by atoms with E-state index in [0.717, 1.165) is 12.1 Å². The minimum Gasteiger partial charge on any atom is -0.406 e. The van der Waals surface area contributed by atoms with Crippen LogP contribution in [0.2, 0.25) is 0 Å². The number of primary amides is 1. The van der Waals surface area contributed by atoms with E-state index in [4.69, 9.17) is 5.73 Å². The molecular weight excluding hydrogens is 313 g/mol. The average molecular weight is 328 g/mol. The maximum absolute atomic E-state index is 12.0. The first-order valence-electron chi connectivity index (χ1n) is 6.87. The van der Waals surface area contributed by atoms with Crippen LogP contribution >= 0.6 is 0 Å². The fourth-order valence-corrected chi connectivity index (χ4v) is 2.25. The fraction of sp³-hybridized carbons (Fsp3) is 0.333. The summed E-state index contributed by atoms with van der Waals surface area (Å²) in [7, 11) is 0. The predicted molar refractivity (Wildman–Crippen MR) is 76.0 cm³/mol. The van der Waals surface area contributed by atoms with Crippen molar-refractivity contribution >= 4 is 17.9 Å². The number of carbonyl (C=O) groups is 2. The summed E-state index contributed by atoms with van der Waals surface area (Å²) < 4.78 is 39.9. The lowest BCUT2D eigenvalue weighted by Crippen LogP contribution is -2.30. The molecule has 1 aliphatic heterocycles. The lowest BCUT2D eigenvalue weighted by molar-refractivity contribution is -0.274. The number of rotatable bonds is 4. The van der Waals surface area contributed by atoms with Crippen molar-refractivity contribution in [2.24, 2.45) is 11.7 Å². The maximum Gasteiger partial charge on any atom is 0.573 e. The summed E-state index contributed by atoms with van der Waals surface area (Å²) >= 11 is 0. The molecule has 0 saturated carbocycles. The summed E-state index contributed by atoms with van der Waals surface area (Å²) in [6, 6.07) is 5.13. The van der Waals surface area contributed by atoms with Gasteiger partial charge in [0.2, 0.25) is 11.8 Å². The lowest BCUT2D eigenvalue weighted by atomic mass is 10.1. The zero-order valence-corrected chi connectivity index (χ0v) is 12.0. The molecule has 1 fully saturated rings. The first-order valence-corrected chi connectivity index (χ1v) is 6.87. The van der Waals surface area contributed by atoms with Gasteiger partial charge in [0.25, 0.3) is 0 Å². The fourth-order valence-electron chi connectivity index (χ4n) is 2.25. The summed E-state index contributed by atoms with van der Waals surface area (Å²) in [4.78, 5) is 24.5. The first-order chi connectivity index (χ1) is 10.7. The van der Waals surface area contributed by atoms with Crippen LogP contribution in [0.25, 0.3) is 6.08 Å². The van der Waals surface area contributed by atoms with Gasteiger partial charge in [-0.1, -0.05) is 12.1 Å². The van der Waals surface area contributed by atoms with Gasteiger partial charge in [0.1, 0.15) is 5.75 Å². The Morgan fingerprint density at radius 3 is 2.43 bits per heavy atom. The molecule has 1 aromatic rings. The van der Waals surface area contributed by atoms with Crippen LogP contribution in [-0.2, 0) is 9.59 Å². The van der Waals surface area contributed by atoms with Crippen LogP contribution in [-0.4, -0.2) is 36.2 Å². The van der Waals surface area contributed by atoms with Gasteiger partial charge in [-0.25, -0.2) is 0 Å². The molecule has 2 N–H and O–H groups in total. The van der Waals surface area contributed by atoms with Crippen LogP contribution in [0, 0.1) is 5.92 Å². The molecule has 1 atom stereocenters. The SMILES string of the molecule is NC(=O)C1CCN(C(=O)/C=C/c2ccc(OC(F)(F)F)cc2)C1. The van der Waals surface area contributed by atoms with Crippen LogP contribution in [0.5, 0.6) is 5.75 Å². The van der Waals surface area contributed by atoms with Gasteiger partial charge in [-0.05, 0) is 30.2 Å². The number of halogens is 3. The molecule has 1 saturated heterocycles. The highest BCUT2D eigenvalue weighted by Crippen LogP contribution is 2.23. The molecular formula is C15H15F3N2O3. The van der Waals surface area contributed by atoms with Crippen molar-refractivity contribution in [3.63, 3.8) is 0 Å². The molecule has 8 heteroatoms. The van der Waals surface area contributed by atoms with Crippen LogP contribution < -0.4 is 10.5 Å². The van der Waals surface area contributed by atoms with E-state index in [2.05, 4.69) is 4.74 Å². The first kappa shape index (κ1) is 16.9. The standard InChI is InChI=1S/C15H15F3N2O3/c16-15(17,18)23-12-4-1-10(2-5-12)3-6-13(21)20-8-7-11(9-20)14(19)22/h1-6,11H,7-9H2,(H2,19,22)/b6-3+. The Morgan fingerprint density at radius 2 is 1.91 bits per heavy atom. The van der Waals surface area contributed by atoms with Crippen molar-refractivity contribution in [2.45, 2.75) is 12.8 Å². The third-order valence-corrected chi connectivity index (χ3v) is 3.43. The van der Waals surface area contributed by atoms with E-state index in [9.17, 15) is 22.8 Å². The van der Waals surface area contributed by atoms with E-state index in [1.165, 1.54) is 29.2 Å². The Bertz CT molecular complexity index is 611. The Hall–Kier alpha value is -2.51. The Morgan fingerprint density at radius 1 is 1.26 bits per heavy atom. The third kappa shape index (κ3) is 5.01. The second-order valence-electron chi connectivity index (χ2n) is 5.12. The van der Waals surface area contributed by atoms with E-state index >= 15 is 0 Å². The molecule has 0 bridgehead atoms. The van der Waals surface area contributed by atoms with Crippen LogP contribution in [0.4, 0.5) is 13.2 Å². The average Bonchev–Trinajstić information content (AvgIpc) is 2.94. The molecule has 23 heavy (non-hydrogen) atoms. The van der Waals surface area contributed by atoms with Crippen LogP contribution in [0.15, 0.2) is 30.3 Å². The number of carbonyl (C=O) groups excluding carboxylic acids is 2. The van der Waals surface area contributed by atoms with Gasteiger partial charge >= 0.3 is 6.36 Å². The number of alkyl halides is 3. The van der Waals surface area contributed by atoms with E-state index in [-0.39, 0.29) is 24.1 Å². The molecule has 5 nitrogen and oxygen atoms in total. The van der Waals surface area contributed by atoms with Gasteiger partial charge in [0, 0.05) is 19.2 Å². The molecule has 2 rings (SSSR count). The maximum atomic E-state index is 12.0. The summed E-state index contributed by atoms with van der Waals surface area (Å²) in [5.74, 6) is -1.36. The van der Waals surface area contributed by atoms with Gasteiger partial charge in [0.05, 0.1) is 5.92 Å². The van der Waals surface area contributed by atoms with Crippen molar-refractivity contribution in [2.75, 3.05) is 13.1 Å². The molecule has 1 aromatic carbocycles. The minimum absolute atomic E-state index is 0.274. The summed E-state index contributed by atoms with van der Waals surface area (Å²) in [6.07, 6.45) is -1.40. The Balaban J connectivity index is 1.92. The lowest BCUT2D eigenvalue weighted by Gasteiger charge is -2.13. The highest BCUT2D eigenvalue weighted by atomic mass is 19.4. The largest absolute Gasteiger partial charge is 0.573 e. The summed E-state index contributed by atoms with van der Waals surface area (Å²) in [6.45, 7) is 0.742. The number of benzene rings is 1. The topological polar surface area (TPSA) is 72.6 Å². The summed E-state index contributed by atoms with van der Waals surface area (Å²) in [5, 5.41) is 0. The quantitative estimate of drug-likeness (QED) is 0.859. The summed E-state index contributed by atoms with van der Waals surface area (Å²) in [5.41, 5.74) is 5.75. The van der Waals surface area contributed by atoms with Crippen molar-refractivity contribution < 1.29 is 27.5 Å². The number of nitrogens with zero attached hydrogens (tertiary/aromatic N) is 1. The van der Waals surface area contributed by atoms with Gasteiger partial charge in [-0.15, -0.1) is 13.2 Å². The number of hydrogen-bond donors (Lipinski definition) is 1. The molecule has 0 aromatic heterocycles. The smallest absolute Gasteiger partial charge is 0.406 e. The van der Waals surface area contributed by atoms with E-state index < -0.39 is 12.3 Å². The van der Waals surface area contributed by atoms with E-state index in [1.807, 2.05) is 0 Å². The van der Waals surface area contributed by atoms with Crippen molar-refractivity contribution in [3.05, 3.63) is 35.9 Å². The molecule has 2 amide bonds. The monoisotopic (exact) mass is 328 g/mol. The molecule has 1 aliphatic rings. The zero-order valence-electron chi connectivity index (χ0n) is 12.0. The van der Waals surface area contributed by atoms with E-state index in [1.54, 1.807) is 0 Å². The highest BCUT2D eigenvalue weighted by Gasteiger charge is 2.31. The van der Waals surface area contributed by atoms with Crippen LogP contribution in [0.3, 0.4) is 0 Å². The predicted octanol–water partition coefficient (Wildman–Crippen LogP) is 1.93. The molecule has 0 spiro atoms. The van der Waals surface area contributed by atoms with Gasteiger partial charge in [-0.3, -0.25) is 9.59 Å². The normalized spacial score (nSPS) is 18.4. The number of amides is 2. The zero-order chi connectivity index (χ0) is 17.0. The van der Waals surface area contributed by atoms with Gasteiger partial charge in [0.15, 0.2) is 0 Å². The van der Waals surface area contributed by atoms with Crippen molar-refractivity contribution in [3.8, 4) is 5.75 Å². The Labute approximate surface area is 130 Å². The second kappa shape index (κ2) is 6.72. The Kier molecular flexibility index (Phi) is 4.92. The minimum atomic E-state index is -4.74. The number of ether oxygens (including phenoxy) is 1. The van der Waals surface area contributed by atoms with E-state index in [0.29, 0.717) is 18.5 Å². The number of nitrogens with two attached hydrogens (primary N) is 1. The van der Waals surface area contributed by atoms with Gasteiger partial charge in [-0.2, -0.15) is 0 Å². The number of likely N-dealkylation sites (tertiary alicyclic amines) is 1. The van der Waals surface area contributed by atoms with Crippen LogP contribution in [0.1, 0.15) is 12.0 Å². The molecule has 0 radical (unpaired) electrons. The molecule has 0 aliphatic carbocycles. The molecule has 124 valence electrons. The van der Waals surface area contributed by atoms with Crippen molar-refractivity contribution in [1.29, 1.82) is 0 Å². The van der Waals surface area contributed by atoms with Crippen molar-refractivity contribution in [1.82, 2.24) is 4.90 Å². The third-order valence-electron chi connectivity index (χ3n) is 3.43. The molecule has 1 unspecified atom stereocenters. The second-order valence-corrected chi connectivity index (χ2v) is 5.12. The molecule has 1 heterocycles. The van der Waals surface area contributed by atoms with Gasteiger partial charge < -0.3 is 15.4 Å². The number of hydrogen-bond acceptors (Lipinski definition) is 3.